The molecule has 0 saturated heterocycles. The minimum absolute atomic E-state index is 0.0344. The molecule has 4 N–H and O–H groups in total. The average Bonchev–Trinajstić information content (AvgIpc) is 3.28. The highest BCUT2D eigenvalue weighted by atomic mass is 32.2. The smallest absolute Gasteiger partial charge is 0.344 e. The van der Waals surface area contributed by atoms with Crippen molar-refractivity contribution in [1.29, 1.82) is 0 Å². The second kappa shape index (κ2) is 5.60. The molecule has 0 bridgehead atoms. The SMILES string of the molecule is NC(=NO)c1ncccc1CSc1n[nH]c(=O)n1C1CC1. The van der Waals surface area contributed by atoms with E-state index >= 15 is 0 Å². The Labute approximate surface area is 124 Å². The lowest BCUT2D eigenvalue weighted by Gasteiger charge is -2.07. The summed E-state index contributed by atoms with van der Waals surface area (Å²) in [4.78, 5) is 15.8. The maximum absolute atomic E-state index is 11.7. The summed E-state index contributed by atoms with van der Waals surface area (Å²) in [6, 6.07) is 3.89. The van der Waals surface area contributed by atoms with E-state index in [4.69, 9.17) is 10.9 Å². The summed E-state index contributed by atoms with van der Waals surface area (Å²) in [5.74, 6) is 0.490. The Hall–Kier alpha value is -2.29. The summed E-state index contributed by atoms with van der Waals surface area (Å²) in [5, 5.41) is 18.9. The van der Waals surface area contributed by atoms with Crippen molar-refractivity contribution in [3.8, 4) is 0 Å². The van der Waals surface area contributed by atoms with Crippen LogP contribution in [0.1, 0.15) is 30.1 Å². The monoisotopic (exact) mass is 306 g/mol. The molecule has 0 aromatic carbocycles. The van der Waals surface area contributed by atoms with Gasteiger partial charge in [-0.3, -0.25) is 9.55 Å². The number of nitrogens with one attached hydrogen (secondary N) is 1. The molecule has 2 aromatic heterocycles. The lowest BCUT2D eigenvalue weighted by atomic mass is 10.2. The minimum Gasteiger partial charge on any atom is -0.409 e. The van der Waals surface area contributed by atoms with Gasteiger partial charge >= 0.3 is 5.69 Å². The number of nitrogens with two attached hydrogens (primary N) is 1. The van der Waals surface area contributed by atoms with Gasteiger partial charge in [-0.25, -0.2) is 9.89 Å². The van der Waals surface area contributed by atoms with Crippen LogP contribution in [0.25, 0.3) is 0 Å². The molecule has 0 radical (unpaired) electrons. The highest BCUT2D eigenvalue weighted by Crippen LogP contribution is 2.36. The van der Waals surface area contributed by atoms with Gasteiger partial charge in [-0.15, -0.1) is 5.10 Å². The summed E-state index contributed by atoms with van der Waals surface area (Å²) in [6.45, 7) is 0. The third kappa shape index (κ3) is 2.77. The molecule has 8 nitrogen and oxygen atoms in total. The highest BCUT2D eigenvalue weighted by molar-refractivity contribution is 7.98. The first-order valence-electron chi connectivity index (χ1n) is 6.42. The zero-order valence-corrected chi connectivity index (χ0v) is 11.9. The Balaban J connectivity index is 1.81. The number of aromatic nitrogens is 4. The van der Waals surface area contributed by atoms with E-state index in [0.717, 1.165) is 18.4 Å². The van der Waals surface area contributed by atoms with Crippen LogP contribution >= 0.6 is 11.8 Å². The summed E-state index contributed by atoms with van der Waals surface area (Å²) >= 11 is 1.42. The van der Waals surface area contributed by atoms with Gasteiger partial charge in [0.2, 0.25) is 0 Å². The van der Waals surface area contributed by atoms with Crippen molar-refractivity contribution in [2.24, 2.45) is 10.9 Å². The van der Waals surface area contributed by atoms with Crippen LogP contribution in [0.15, 0.2) is 33.4 Å². The number of oxime groups is 1. The normalized spacial score (nSPS) is 15.3. The predicted molar refractivity (Wildman–Crippen MR) is 77.4 cm³/mol. The molecule has 0 spiro atoms. The van der Waals surface area contributed by atoms with Crippen molar-refractivity contribution in [3.63, 3.8) is 0 Å². The number of hydrogen-bond donors (Lipinski definition) is 3. The quantitative estimate of drug-likeness (QED) is 0.245. The van der Waals surface area contributed by atoms with E-state index in [0.29, 0.717) is 16.6 Å². The second-order valence-electron chi connectivity index (χ2n) is 4.70. The van der Waals surface area contributed by atoms with Crippen molar-refractivity contribution in [2.75, 3.05) is 0 Å². The van der Waals surface area contributed by atoms with Crippen LogP contribution in [0.5, 0.6) is 0 Å². The molecule has 21 heavy (non-hydrogen) atoms. The minimum atomic E-state index is -0.178. The number of rotatable bonds is 5. The largest absolute Gasteiger partial charge is 0.409 e. The van der Waals surface area contributed by atoms with Crippen molar-refractivity contribution in [1.82, 2.24) is 19.7 Å². The Morgan fingerprint density at radius 3 is 3.14 bits per heavy atom. The molecular weight excluding hydrogens is 292 g/mol. The van der Waals surface area contributed by atoms with Gasteiger partial charge in [0.05, 0.1) is 0 Å². The van der Waals surface area contributed by atoms with Crippen molar-refractivity contribution < 1.29 is 5.21 Å². The molecule has 0 aliphatic heterocycles. The van der Waals surface area contributed by atoms with Crippen LogP contribution in [-0.4, -0.2) is 30.8 Å². The first-order chi connectivity index (χ1) is 10.2. The van der Waals surface area contributed by atoms with Gasteiger partial charge in [-0.2, -0.15) is 0 Å². The second-order valence-corrected chi connectivity index (χ2v) is 5.64. The van der Waals surface area contributed by atoms with Crippen LogP contribution in [0.2, 0.25) is 0 Å². The molecule has 3 rings (SSSR count). The van der Waals surface area contributed by atoms with Gasteiger partial charge in [-0.1, -0.05) is 23.0 Å². The topological polar surface area (TPSA) is 122 Å². The molecule has 2 aromatic rings. The standard InChI is InChI=1S/C12H14N6O2S/c13-10(17-20)9-7(2-1-5-14-9)6-21-12-16-15-11(19)18(12)8-3-4-8/h1-2,5,8,20H,3-4,6H2,(H2,13,17)(H,15,19). The molecule has 9 heteroatoms. The Bertz CT molecular complexity index is 733. The van der Waals surface area contributed by atoms with Crippen LogP contribution < -0.4 is 11.4 Å². The van der Waals surface area contributed by atoms with Crippen molar-refractivity contribution in [2.45, 2.75) is 29.8 Å². The van der Waals surface area contributed by atoms with Crippen LogP contribution in [0.3, 0.4) is 0 Å². The van der Waals surface area contributed by atoms with Crippen LogP contribution in [0, 0.1) is 0 Å². The molecule has 110 valence electrons. The zero-order valence-electron chi connectivity index (χ0n) is 11.1. The summed E-state index contributed by atoms with van der Waals surface area (Å²) < 4.78 is 1.68. The number of aromatic amines is 1. The van der Waals surface area contributed by atoms with Gasteiger partial charge in [-0.05, 0) is 24.5 Å². The van der Waals surface area contributed by atoms with E-state index in [1.54, 1.807) is 16.8 Å². The number of hydrogen-bond acceptors (Lipinski definition) is 6. The Kier molecular flexibility index (Phi) is 3.65. The van der Waals surface area contributed by atoms with Gasteiger partial charge in [0.25, 0.3) is 0 Å². The first kappa shape index (κ1) is 13.7. The Morgan fingerprint density at radius 1 is 1.62 bits per heavy atom. The van der Waals surface area contributed by atoms with Crippen LogP contribution in [0.4, 0.5) is 0 Å². The molecule has 1 fully saturated rings. The fourth-order valence-electron chi connectivity index (χ4n) is 2.02. The van der Waals surface area contributed by atoms with Gasteiger partial charge in [0, 0.05) is 18.0 Å². The first-order valence-corrected chi connectivity index (χ1v) is 7.40. The highest BCUT2D eigenvalue weighted by Gasteiger charge is 2.28. The fourth-order valence-corrected chi connectivity index (χ4v) is 3.02. The van der Waals surface area contributed by atoms with E-state index in [9.17, 15) is 4.79 Å². The molecule has 2 heterocycles. The van der Waals surface area contributed by atoms with Gasteiger partial charge in [0.1, 0.15) is 5.69 Å². The molecule has 1 aliphatic rings. The number of amidine groups is 1. The van der Waals surface area contributed by atoms with Crippen molar-refractivity contribution in [3.05, 3.63) is 40.1 Å². The van der Waals surface area contributed by atoms with E-state index in [-0.39, 0.29) is 17.6 Å². The molecule has 0 amide bonds. The number of H-pyrrole nitrogens is 1. The molecule has 1 aliphatic carbocycles. The summed E-state index contributed by atoms with van der Waals surface area (Å²) in [6.07, 6.45) is 3.60. The summed E-state index contributed by atoms with van der Waals surface area (Å²) in [7, 11) is 0. The van der Waals surface area contributed by atoms with Crippen LogP contribution in [-0.2, 0) is 5.75 Å². The Morgan fingerprint density at radius 2 is 2.43 bits per heavy atom. The third-order valence-electron chi connectivity index (χ3n) is 3.18. The molecule has 0 atom stereocenters. The van der Waals surface area contributed by atoms with Gasteiger partial charge in [0.15, 0.2) is 11.0 Å². The molecule has 0 unspecified atom stereocenters. The predicted octanol–water partition coefficient (Wildman–Crippen LogP) is 0.688. The summed E-state index contributed by atoms with van der Waals surface area (Å²) in [5.41, 5.74) is 6.68. The maximum atomic E-state index is 11.7. The van der Waals surface area contributed by atoms with E-state index < -0.39 is 0 Å². The third-order valence-corrected chi connectivity index (χ3v) is 4.18. The number of thioether (sulfide) groups is 1. The zero-order chi connectivity index (χ0) is 14.8. The van der Waals surface area contributed by atoms with Crippen molar-refractivity contribution >= 4 is 17.6 Å². The average molecular weight is 306 g/mol. The maximum Gasteiger partial charge on any atom is 0.344 e. The lowest BCUT2D eigenvalue weighted by Crippen LogP contribution is -2.17. The van der Waals surface area contributed by atoms with E-state index in [1.807, 2.05) is 6.07 Å². The molecular formula is C12H14N6O2S. The number of pyridine rings is 1. The fraction of sp³-hybridized carbons (Fsp3) is 0.333. The van der Waals surface area contributed by atoms with E-state index in [2.05, 4.69) is 20.3 Å². The van der Waals surface area contributed by atoms with Gasteiger partial charge < -0.3 is 10.9 Å². The lowest BCUT2D eigenvalue weighted by molar-refractivity contribution is 0.318. The number of nitrogens with zero attached hydrogens (tertiary/aromatic N) is 4. The van der Waals surface area contributed by atoms with E-state index in [1.165, 1.54) is 11.8 Å². The molecule has 1 saturated carbocycles.